The van der Waals surface area contributed by atoms with Crippen molar-refractivity contribution in [2.45, 2.75) is 180 Å². The minimum absolute atomic E-state index is 0.194. The molecule has 6 nitrogen and oxygen atoms in total. The van der Waals surface area contributed by atoms with Crippen LogP contribution in [0.15, 0.2) is 24.3 Å². The highest BCUT2D eigenvalue weighted by molar-refractivity contribution is 5.75. The maximum atomic E-state index is 14.3. The predicted octanol–water partition coefficient (Wildman–Crippen LogP) is 10.8. The molecule has 274 valence electrons. The number of unbranched alkanes of at least 4 members (excludes halogenated alkanes) is 10. The molecule has 0 aliphatic heterocycles. The van der Waals surface area contributed by atoms with Crippen LogP contribution in [-0.2, 0) is 19.1 Å². The number of benzene rings is 1. The summed E-state index contributed by atoms with van der Waals surface area (Å²) >= 11 is 0. The first-order chi connectivity index (χ1) is 23.4. The summed E-state index contributed by atoms with van der Waals surface area (Å²) in [5.41, 5.74) is 0. The van der Waals surface area contributed by atoms with Gasteiger partial charge in [0.05, 0.1) is 13.2 Å². The molecule has 8 heteroatoms. The largest absolute Gasteiger partial charge is 0.493 e. The topological polar surface area (TPSA) is 71.1 Å². The average Bonchev–Trinajstić information content (AvgIpc) is 3.10. The molecule has 48 heavy (non-hydrogen) atoms. The fraction of sp³-hybridized carbons (Fsp3) is 0.800. The Balaban J connectivity index is 1.22. The summed E-state index contributed by atoms with van der Waals surface area (Å²) in [5.74, 6) is 0.955. The fourth-order valence-electron chi connectivity index (χ4n) is 6.81. The zero-order valence-electron chi connectivity index (χ0n) is 29.9. The third kappa shape index (κ3) is 16.3. The van der Waals surface area contributed by atoms with Gasteiger partial charge in [-0.25, -0.2) is 18.4 Å². The lowest BCUT2D eigenvalue weighted by molar-refractivity contribution is -0.158. The monoisotopic (exact) mass is 678 g/mol. The Morgan fingerprint density at radius 1 is 0.562 bits per heavy atom. The van der Waals surface area contributed by atoms with E-state index < -0.39 is 24.3 Å². The van der Waals surface area contributed by atoms with E-state index in [-0.39, 0.29) is 25.0 Å². The normalized spacial score (nSPS) is 22.4. The Morgan fingerprint density at radius 3 is 1.25 bits per heavy atom. The second-order valence-electron chi connectivity index (χ2n) is 14.3. The molecule has 2 aliphatic carbocycles. The summed E-state index contributed by atoms with van der Waals surface area (Å²) in [7, 11) is 0. The lowest BCUT2D eigenvalue weighted by atomic mass is 9.88. The third-order valence-electron chi connectivity index (χ3n) is 10.1. The molecule has 0 unspecified atom stereocenters. The minimum atomic E-state index is -1.51. The van der Waals surface area contributed by atoms with Crippen LogP contribution < -0.4 is 9.47 Å². The van der Waals surface area contributed by atoms with E-state index >= 15 is 0 Å². The molecule has 0 saturated heterocycles. The van der Waals surface area contributed by atoms with Crippen molar-refractivity contribution in [3.63, 3.8) is 0 Å². The molecule has 3 rings (SSSR count). The smallest absolute Gasteiger partial charge is 0.340 e. The van der Waals surface area contributed by atoms with Gasteiger partial charge in [0, 0.05) is 0 Å². The van der Waals surface area contributed by atoms with E-state index in [1.54, 1.807) is 0 Å². The summed E-state index contributed by atoms with van der Waals surface area (Å²) in [6.07, 6.45) is 16.5. The number of hydrogen-bond acceptors (Lipinski definition) is 6. The van der Waals surface area contributed by atoms with Gasteiger partial charge in [-0.2, -0.15) is 0 Å². The van der Waals surface area contributed by atoms with E-state index in [2.05, 4.69) is 13.8 Å². The van der Waals surface area contributed by atoms with Crippen molar-refractivity contribution in [3.8, 4) is 11.5 Å². The van der Waals surface area contributed by atoms with Gasteiger partial charge in [-0.15, -0.1) is 0 Å². The van der Waals surface area contributed by atoms with E-state index in [9.17, 15) is 18.4 Å². The maximum absolute atomic E-state index is 14.3. The molecule has 0 N–H and O–H groups in total. The summed E-state index contributed by atoms with van der Waals surface area (Å²) in [6.45, 7) is 5.54. The van der Waals surface area contributed by atoms with Crippen LogP contribution in [0.3, 0.4) is 0 Å². The van der Waals surface area contributed by atoms with Crippen molar-refractivity contribution in [2.75, 3.05) is 13.2 Å². The Labute approximate surface area is 289 Å². The van der Waals surface area contributed by atoms with Gasteiger partial charge in [0.1, 0.15) is 23.7 Å². The number of rotatable bonds is 24. The molecule has 0 aromatic heterocycles. The molecular formula is C40H64F2O6. The van der Waals surface area contributed by atoms with Gasteiger partial charge in [0.15, 0.2) is 12.3 Å². The molecule has 0 amide bonds. The molecule has 2 fully saturated rings. The van der Waals surface area contributed by atoms with Crippen molar-refractivity contribution >= 4 is 11.9 Å². The molecule has 0 heterocycles. The van der Waals surface area contributed by atoms with Crippen LogP contribution in [0, 0.1) is 11.8 Å². The highest BCUT2D eigenvalue weighted by Gasteiger charge is 2.29. The second-order valence-corrected chi connectivity index (χ2v) is 14.3. The molecule has 2 aliphatic rings. The molecule has 1 aromatic rings. The van der Waals surface area contributed by atoms with Crippen molar-refractivity contribution < 1.29 is 37.3 Å². The minimum Gasteiger partial charge on any atom is -0.493 e. The lowest BCUT2D eigenvalue weighted by Gasteiger charge is -2.29. The van der Waals surface area contributed by atoms with Crippen LogP contribution in [0.2, 0.25) is 0 Å². The Morgan fingerprint density at radius 2 is 0.896 bits per heavy atom. The van der Waals surface area contributed by atoms with Gasteiger partial charge >= 0.3 is 11.9 Å². The van der Waals surface area contributed by atoms with Crippen molar-refractivity contribution in [2.24, 2.45) is 11.8 Å². The van der Waals surface area contributed by atoms with E-state index in [1.807, 2.05) is 24.3 Å². The lowest BCUT2D eigenvalue weighted by Crippen LogP contribution is -2.30. The first-order valence-corrected chi connectivity index (χ1v) is 19.4. The quantitative estimate of drug-likeness (QED) is 0.0800. The summed E-state index contributed by atoms with van der Waals surface area (Å²) < 4.78 is 51.6. The average molecular weight is 679 g/mol. The molecule has 0 spiro atoms. The predicted molar refractivity (Wildman–Crippen MR) is 187 cm³/mol. The number of carbonyl (C=O) groups is 2. The van der Waals surface area contributed by atoms with Crippen LogP contribution in [0.1, 0.15) is 155 Å². The van der Waals surface area contributed by atoms with Gasteiger partial charge in [0.2, 0.25) is 0 Å². The molecule has 0 radical (unpaired) electrons. The Hall–Kier alpha value is -2.38. The van der Waals surface area contributed by atoms with Crippen LogP contribution in [0.4, 0.5) is 8.78 Å². The number of ether oxygens (including phenoxy) is 4. The van der Waals surface area contributed by atoms with Gasteiger partial charge in [-0.3, -0.25) is 0 Å². The van der Waals surface area contributed by atoms with Crippen molar-refractivity contribution in [3.05, 3.63) is 24.3 Å². The number of carbonyl (C=O) groups excluding carboxylic acids is 2. The maximum Gasteiger partial charge on any atom is 0.340 e. The van der Waals surface area contributed by atoms with Crippen LogP contribution in [0.5, 0.6) is 11.5 Å². The van der Waals surface area contributed by atoms with Crippen LogP contribution in [-0.4, -0.2) is 49.7 Å². The molecule has 0 bridgehead atoms. The van der Waals surface area contributed by atoms with E-state index in [0.717, 1.165) is 101 Å². The fourth-order valence-corrected chi connectivity index (χ4v) is 6.81. The van der Waals surface area contributed by atoms with E-state index in [0.29, 0.717) is 25.0 Å². The Kier molecular flexibility index (Phi) is 19.9. The van der Waals surface area contributed by atoms with Crippen LogP contribution in [0.25, 0.3) is 0 Å². The number of alkyl halides is 2. The highest BCUT2D eigenvalue weighted by Crippen LogP contribution is 2.30. The van der Waals surface area contributed by atoms with Gasteiger partial charge < -0.3 is 18.9 Å². The van der Waals surface area contributed by atoms with E-state index in [4.69, 9.17) is 18.9 Å². The summed E-state index contributed by atoms with van der Waals surface area (Å²) in [6, 6.07) is 7.68. The van der Waals surface area contributed by atoms with Gasteiger partial charge in [-0.1, -0.05) is 78.1 Å². The second kappa shape index (κ2) is 23.9. The standard InChI is InChI=1S/C40H64F2O6/c1-3-5-7-9-11-13-15-37(41)39(43)47-35-21-17-31(18-22-35)29-45-33-25-27-34(28-26-33)46-30-32-19-23-36(24-20-32)48-40(44)38(42)16-14-12-10-8-6-4-2/h25-28,31-32,35-38H,3-24,29-30H2,1-2H3/t31-,32-,35-,36-,37-,38-/m0/s1. The molecular weight excluding hydrogens is 614 g/mol. The van der Waals surface area contributed by atoms with Gasteiger partial charge in [0.25, 0.3) is 0 Å². The van der Waals surface area contributed by atoms with E-state index in [1.165, 1.54) is 38.5 Å². The zero-order valence-corrected chi connectivity index (χ0v) is 29.9. The Bertz CT molecular complexity index is 909. The van der Waals surface area contributed by atoms with Crippen LogP contribution >= 0.6 is 0 Å². The molecule has 2 saturated carbocycles. The summed E-state index contributed by atoms with van der Waals surface area (Å²) in [4.78, 5) is 24.4. The first kappa shape index (κ1) is 40.1. The van der Waals surface area contributed by atoms with Crippen molar-refractivity contribution in [1.29, 1.82) is 0 Å². The highest BCUT2D eigenvalue weighted by atomic mass is 19.1. The molecule has 2 atom stereocenters. The third-order valence-corrected chi connectivity index (χ3v) is 10.1. The van der Waals surface area contributed by atoms with Crippen molar-refractivity contribution in [1.82, 2.24) is 0 Å². The summed E-state index contributed by atoms with van der Waals surface area (Å²) in [5, 5.41) is 0. The zero-order chi connectivity index (χ0) is 34.4. The number of hydrogen-bond donors (Lipinski definition) is 0. The number of halogens is 2. The number of esters is 2. The SMILES string of the molecule is CCCCCCCC[C@H](F)C(=O)O[C@H]1CC[C@H](COc2ccc(OC[C@H]3CC[C@H](OC(=O)[C@@H](F)CCCCCCCC)CC3)cc2)CC1. The molecule has 1 aromatic carbocycles. The van der Waals surface area contributed by atoms with Gasteiger partial charge in [-0.05, 0) is 113 Å². The first-order valence-electron chi connectivity index (χ1n) is 19.4.